The summed E-state index contributed by atoms with van der Waals surface area (Å²) in [6.07, 6.45) is 0. The number of rotatable bonds is 4. The number of ether oxygens (including phenoxy) is 1. The van der Waals surface area contributed by atoms with Gasteiger partial charge in [0, 0.05) is 0 Å². The first kappa shape index (κ1) is 17.3. The first-order chi connectivity index (χ1) is 11.8. The fraction of sp³-hybridized carbons (Fsp3) is 0.312. The number of nitrogens with zero attached hydrogens (tertiary/aromatic N) is 3. The molecule has 0 radical (unpaired) electrons. The molecule has 0 spiro atoms. The van der Waals surface area contributed by atoms with E-state index in [0.29, 0.717) is 17.9 Å². The van der Waals surface area contributed by atoms with Gasteiger partial charge in [0.2, 0.25) is 0 Å². The number of H-pyrrole nitrogens is 1. The number of hydrogen-bond acceptors (Lipinski definition) is 4. The van der Waals surface area contributed by atoms with Gasteiger partial charge < -0.3 is 4.74 Å². The van der Waals surface area contributed by atoms with Gasteiger partial charge in [-0.05, 0) is 30.5 Å². The zero-order valence-electron chi connectivity index (χ0n) is 13.7. The summed E-state index contributed by atoms with van der Waals surface area (Å²) >= 11 is 5.78. The molecule has 9 heteroatoms. The first-order valence-corrected chi connectivity index (χ1v) is 8.02. The van der Waals surface area contributed by atoms with Crippen LogP contribution in [0, 0.1) is 11.6 Å². The van der Waals surface area contributed by atoms with Crippen LogP contribution in [0.4, 0.5) is 8.78 Å². The number of aromatic amines is 1. The number of aromatic nitrogens is 4. The Balaban J connectivity index is 2.39. The maximum Gasteiger partial charge on any atom is 0.352 e. The summed E-state index contributed by atoms with van der Waals surface area (Å²) in [5.74, 6) is -2.32. The summed E-state index contributed by atoms with van der Waals surface area (Å²) in [5.41, 5.74) is 0.827. The number of benzene rings is 1. The van der Waals surface area contributed by atoms with Crippen LogP contribution in [0.3, 0.4) is 0 Å². The monoisotopic (exact) mass is 368 g/mol. The van der Waals surface area contributed by atoms with Gasteiger partial charge >= 0.3 is 5.69 Å². The van der Waals surface area contributed by atoms with Gasteiger partial charge in [0.15, 0.2) is 17.3 Å². The molecule has 3 aromatic rings. The zero-order valence-corrected chi connectivity index (χ0v) is 14.5. The molecule has 0 aliphatic heterocycles. The van der Waals surface area contributed by atoms with E-state index in [2.05, 4.69) is 15.1 Å². The Morgan fingerprint density at radius 3 is 2.68 bits per heavy atom. The average molecular weight is 369 g/mol. The van der Waals surface area contributed by atoms with E-state index in [-0.39, 0.29) is 28.2 Å². The second-order valence-electron chi connectivity index (χ2n) is 5.68. The molecule has 6 nitrogen and oxygen atoms in total. The number of halogens is 3. The highest BCUT2D eigenvalue weighted by atomic mass is 35.5. The maximum atomic E-state index is 13.8. The molecule has 0 fully saturated rings. The standard InChI is InChI=1S/C16H15ClF2N4O2/c1-4-25-15-20-14-11(8-5-9(17)12(19)10(18)6-8)13(7(2)3)22-23(14)16(24)21-15/h5-7H,4H2,1-3H3,(H,20,21,24). The summed E-state index contributed by atoms with van der Waals surface area (Å²) < 4.78 is 33.7. The van der Waals surface area contributed by atoms with E-state index in [9.17, 15) is 13.6 Å². The molecule has 1 N–H and O–H groups in total. The molecular formula is C16H15ClF2N4O2. The molecule has 0 aliphatic carbocycles. The zero-order chi connectivity index (χ0) is 18.3. The molecule has 132 valence electrons. The van der Waals surface area contributed by atoms with Gasteiger partial charge in [-0.3, -0.25) is 4.98 Å². The van der Waals surface area contributed by atoms with Crippen molar-refractivity contribution >= 4 is 17.2 Å². The highest BCUT2D eigenvalue weighted by molar-refractivity contribution is 6.31. The van der Waals surface area contributed by atoms with Crippen LogP contribution in [0.15, 0.2) is 16.9 Å². The summed E-state index contributed by atoms with van der Waals surface area (Å²) in [4.78, 5) is 19.0. The van der Waals surface area contributed by atoms with Crippen molar-refractivity contribution in [2.24, 2.45) is 0 Å². The Morgan fingerprint density at radius 1 is 1.36 bits per heavy atom. The maximum absolute atomic E-state index is 13.8. The third kappa shape index (κ3) is 2.97. The van der Waals surface area contributed by atoms with Crippen molar-refractivity contribution in [2.45, 2.75) is 26.7 Å². The van der Waals surface area contributed by atoms with Gasteiger partial charge in [-0.25, -0.2) is 13.6 Å². The van der Waals surface area contributed by atoms with E-state index in [0.717, 1.165) is 10.6 Å². The van der Waals surface area contributed by atoms with Crippen LogP contribution in [-0.4, -0.2) is 26.2 Å². The van der Waals surface area contributed by atoms with Gasteiger partial charge in [-0.2, -0.15) is 14.6 Å². The molecule has 25 heavy (non-hydrogen) atoms. The molecule has 0 aliphatic rings. The van der Waals surface area contributed by atoms with Crippen LogP contribution in [0.2, 0.25) is 5.02 Å². The molecular weight excluding hydrogens is 354 g/mol. The van der Waals surface area contributed by atoms with E-state index in [1.165, 1.54) is 6.07 Å². The smallest absolute Gasteiger partial charge is 0.352 e. The second-order valence-corrected chi connectivity index (χ2v) is 6.09. The highest BCUT2D eigenvalue weighted by Gasteiger charge is 2.23. The normalized spacial score (nSPS) is 11.5. The third-order valence-corrected chi connectivity index (χ3v) is 3.88. The average Bonchev–Trinajstić information content (AvgIpc) is 2.92. The predicted molar refractivity (Wildman–Crippen MR) is 89.2 cm³/mol. The van der Waals surface area contributed by atoms with Crippen LogP contribution >= 0.6 is 11.6 Å². The number of fused-ring (bicyclic) bond motifs is 1. The number of hydrogen-bond donors (Lipinski definition) is 1. The Morgan fingerprint density at radius 2 is 2.08 bits per heavy atom. The minimum Gasteiger partial charge on any atom is -0.465 e. The lowest BCUT2D eigenvalue weighted by Gasteiger charge is -2.07. The van der Waals surface area contributed by atoms with Gasteiger partial charge in [0.05, 0.1) is 22.9 Å². The third-order valence-electron chi connectivity index (χ3n) is 3.60. The second kappa shape index (κ2) is 6.44. The Hall–Kier alpha value is -2.48. The van der Waals surface area contributed by atoms with Crippen molar-refractivity contribution in [3.8, 4) is 17.1 Å². The molecule has 0 saturated carbocycles. The first-order valence-electron chi connectivity index (χ1n) is 7.64. The van der Waals surface area contributed by atoms with Crippen molar-refractivity contribution < 1.29 is 13.5 Å². The fourth-order valence-electron chi connectivity index (χ4n) is 2.53. The molecule has 2 aromatic heterocycles. The van der Waals surface area contributed by atoms with Crippen LogP contribution in [0.25, 0.3) is 16.8 Å². The van der Waals surface area contributed by atoms with E-state index in [1.54, 1.807) is 6.92 Å². The Bertz CT molecular complexity index is 990. The van der Waals surface area contributed by atoms with Crippen molar-refractivity contribution in [2.75, 3.05) is 6.61 Å². The van der Waals surface area contributed by atoms with Gasteiger partial charge in [-0.15, -0.1) is 0 Å². The van der Waals surface area contributed by atoms with Crippen molar-refractivity contribution in [1.82, 2.24) is 19.6 Å². The Labute approximate surface area is 146 Å². The highest BCUT2D eigenvalue weighted by Crippen LogP contribution is 2.34. The van der Waals surface area contributed by atoms with Crippen LogP contribution in [0.1, 0.15) is 32.4 Å². The molecule has 0 amide bonds. The van der Waals surface area contributed by atoms with Crippen molar-refractivity contribution in [3.05, 3.63) is 45.0 Å². The van der Waals surface area contributed by atoms with Crippen LogP contribution < -0.4 is 10.4 Å². The molecule has 0 bridgehead atoms. The summed E-state index contributed by atoms with van der Waals surface area (Å²) in [5, 5.41) is 3.90. The SMILES string of the molecule is CCOc1nc2c(-c3cc(F)c(F)c(Cl)c3)c(C(C)C)nn2c(=O)[nH]1. The van der Waals surface area contributed by atoms with Crippen LogP contribution in [-0.2, 0) is 0 Å². The molecule has 2 heterocycles. The van der Waals surface area contributed by atoms with Gasteiger partial charge in [0.25, 0.3) is 6.01 Å². The van der Waals surface area contributed by atoms with Gasteiger partial charge in [0.1, 0.15) is 0 Å². The van der Waals surface area contributed by atoms with Gasteiger partial charge in [-0.1, -0.05) is 25.4 Å². The minimum absolute atomic E-state index is 0.0186. The summed E-state index contributed by atoms with van der Waals surface area (Å²) in [6, 6.07) is 2.31. The van der Waals surface area contributed by atoms with E-state index >= 15 is 0 Å². The lowest BCUT2D eigenvalue weighted by Crippen LogP contribution is -2.20. The van der Waals surface area contributed by atoms with Crippen molar-refractivity contribution in [3.63, 3.8) is 0 Å². The molecule has 0 saturated heterocycles. The Kier molecular flexibility index (Phi) is 4.47. The topological polar surface area (TPSA) is 72.3 Å². The lowest BCUT2D eigenvalue weighted by atomic mass is 9.99. The summed E-state index contributed by atoms with van der Waals surface area (Å²) in [6.45, 7) is 5.78. The minimum atomic E-state index is -1.13. The van der Waals surface area contributed by atoms with Crippen LogP contribution in [0.5, 0.6) is 6.01 Å². The molecule has 0 unspecified atom stereocenters. The predicted octanol–water partition coefficient (Wildman–Crippen LogP) is 3.54. The lowest BCUT2D eigenvalue weighted by molar-refractivity contribution is 0.310. The van der Waals surface area contributed by atoms with E-state index < -0.39 is 17.3 Å². The largest absolute Gasteiger partial charge is 0.465 e. The quantitative estimate of drug-likeness (QED) is 0.715. The fourth-order valence-corrected chi connectivity index (χ4v) is 2.73. The molecule has 1 aromatic carbocycles. The summed E-state index contributed by atoms with van der Waals surface area (Å²) in [7, 11) is 0. The van der Waals surface area contributed by atoms with E-state index in [1.807, 2.05) is 13.8 Å². The number of nitrogens with one attached hydrogen (secondary N) is 1. The molecule has 0 atom stereocenters. The molecule has 3 rings (SSSR count). The van der Waals surface area contributed by atoms with E-state index in [4.69, 9.17) is 16.3 Å². The van der Waals surface area contributed by atoms with Crippen molar-refractivity contribution in [1.29, 1.82) is 0 Å².